The summed E-state index contributed by atoms with van der Waals surface area (Å²) in [4.78, 5) is 10.8. The molecule has 2 rings (SSSR count). The molecule has 0 aliphatic heterocycles. The Bertz CT molecular complexity index is 550. The van der Waals surface area contributed by atoms with E-state index < -0.39 is 17.6 Å². The Balaban J connectivity index is 2.88. The SMILES string of the molecule is O=C(O)c1ccc(F)c2cc(F)ccc12. The summed E-state index contributed by atoms with van der Waals surface area (Å²) in [6, 6.07) is 5.53. The van der Waals surface area contributed by atoms with E-state index in [0.29, 0.717) is 0 Å². The number of halogens is 2. The summed E-state index contributed by atoms with van der Waals surface area (Å²) in [7, 11) is 0. The molecule has 15 heavy (non-hydrogen) atoms. The summed E-state index contributed by atoms with van der Waals surface area (Å²) >= 11 is 0. The molecule has 4 heteroatoms. The van der Waals surface area contributed by atoms with Crippen molar-refractivity contribution in [1.82, 2.24) is 0 Å². The molecule has 2 aromatic rings. The zero-order chi connectivity index (χ0) is 11.0. The zero-order valence-corrected chi connectivity index (χ0v) is 7.50. The first-order valence-corrected chi connectivity index (χ1v) is 4.20. The summed E-state index contributed by atoms with van der Waals surface area (Å²) in [5.41, 5.74) is -0.0357. The lowest BCUT2D eigenvalue weighted by Crippen LogP contribution is -1.98. The number of aromatic carboxylic acids is 1. The third-order valence-corrected chi connectivity index (χ3v) is 2.16. The lowest BCUT2D eigenvalue weighted by atomic mass is 10.0. The van der Waals surface area contributed by atoms with Gasteiger partial charge in [-0.15, -0.1) is 0 Å². The molecular formula is C11H6F2O2. The molecule has 0 heterocycles. The first kappa shape index (κ1) is 9.58. The van der Waals surface area contributed by atoms with Crippen LogP contribution in [0.3, 0.4) is 0 Å². The van der Waals surface area contributed by atoms with Crippen molar-refractivity contribution in [3.05, 3.63) is 47.5 Å². The molecule has 0 aliphatic rings. The van der Waals surface area contributed by atoms with Gasteiger partial charge in [0.25, 0.3) is 0 Å². The van der Waals surface area contributed by atoms with Crippen LogP contribution in [0.2, 0.25) is 0 Å². The minimum atomic E-state index is -1.16. The van der Waals surface area contributed by atoms with Gasteiger partial charge in [-0.3, -0.25) is 0 Å². The highest BCUT2D eigenvalue weighted by molar-refractivity contribution is 6.03. The molecular weight excluding hydrogens is 202 g/mol. The lowest BCUT2D eigenvalue weighted by molar-refractivity contribution is 0.0699. The Hall–Kier alpha value is -1.97. The molecule has 0 saturated carbocycles. The minimum Gasteiger partial charge on any atom is -0.478 e. The minimum absolute atomic E-state index is 0.0186. The van der Waals surface area contributed by atoms with E-state index in [9.17, 15) is 13.6 Å². The molecule has 2 aromatic carbocycles. The molecule has 0 saturated heterocycles. The van der Waals surface area contributed by atoms with Gasteiger partial charge < -0.3 is 5.11 Å². The van der Waals surface area contributed by atoms with Gasteiger partial charge in [0, 0.05) is 5.39 Å². The maximum absolute atomic E-state index is 13.3. The number of benzene rings is 2. The fraction of sp³-hybridized carbons (Fsp3) is 0. The number of carboxylic acids is 1. The van der Waals surface area contributed by atoms with E-state index in [4.69, 9.17) is 5.11 Å². The average Bonchev–Trinajstić information content (AvgIpc) is 2.19. The number of fused-ring (bicyclic) bond motifs is 1. The van der Waals surface area contributed by atoms with Crippen molar-refractivity contribution in [2.24, 2.45) is 0 Å². The Morgan fingerprint density at radius 3 is 2.47 bits per heavy atom. The van der Waals surface area contributed by atoms with E-state index in [1.54, 1.807) is 0 Å². The molecule has 1 N–H and O–H groups in total. The van der Waals surface area contributed by atoms with Crippen LogP contribution in [0, 0.1) is 11.6 Å². The second-order valence-electron chi connectivity index (χ2n) is 3.09. The van der Waals surface area contributed by atoms with Gasteiger partial charge in [0.2, 0.25) is 0 Å². The van der Waals surface area contributed by atoms with Gasteiger partial charge in [-0.1, -0.05) is 6.07 Å². The highest BCUT2D eigenvalue weighted by atomic mass is 19.1. The standard InChI is InChI=1S/C11H6F2O2/c12-6-1-2-7-8(11(14)15)3-4-10(13)9(7)5-6/h1-5H,(H,14,15). The van der Waals surface area contributed by atoms with Crippen LogP contribution in [0.25, 0.3) is 10.8 Å². The van der Waals surface area contributed by atoms with E-state index in [0.717, 1.165) is 24.3 Å². The molecule has 76 valence electrons. The summed E-state index contributed by atoms with van der Waals surface area (Å²) in [6.45, 7) is 0. The second kappa shape index (κ2) is 3.31. The van der Waals surface area contributed by atoms with Crippen molar-refractivity contribution in [1.29, 1.82) is 0 Å². The van der Waals surface area contributed by atoms with Gasteiger partial charge in [-0.25, -0.2) is 13.6 Å². The van der Waals surface area contributed by atoms with Crippen molar-refractivity contribution in [2.45, 2.75) is 0 Å². The number of carbonyl (C=O) groups is 1. The third-order valence-electron chi connectivity index (χ3n) is 2.16. The van der Waals surface area contributed by atoms with Gasteiger partial charge >= 0.3 is 5.97 Å². The highest BCUT2D eigenvalue weighted by Gasteiger charge is 2.11. The predicted octanol–water partition coefficient (Wildman–Crippen LogP) is 2.82. The van der Waals surface area contributed by atoms with Gasteiger partial charge in [0.1, 0.15) is 11.6 Å². The number of hydrogen-bond acceptors (Lipinski definition) is 1. The first-order valence-electron chi connectivity index (χ1n) is 4.20. The van der Waals surface area contributed by atoms with Gasteiger partial charge in [-0.05, 0) is 29.7 Å². The molecule has 0 aromatic heterocycles. The second-order valence-corrected chi connectivity index (χ2v) is 3.09. The van der Waals surface area contributed by atoms with Crippen molar-refractivity contribution < 1.29 is 18.7 Å². The number of carboxylic acid groups (broad SMARTS) is 1. The van der Waals surface area contributed by atoms with Crippen LogP contribution in [-0.4, -0.2) is 11.1 Å². The highest BCUT2D eigenvalue weighted by Crippen LogP contribution is 2.22. The fourth-order valence-electron chi connectivity index (χ4n) is 1.47. The van der Waals surface area contributed by atoms with E-state index in [2.05, 4.69) is 0 Å². The van der Waals surface area contributed by atoms with Crippen LogP contribution in [0.1, 0.15) is 10.4 Å². The molecule has 0 atom stereocenters. The normalized spacial score (nSPS) is 10.5. The van der Waals surface area contributed by atoms with Gasteiger partial charge in [-0.2, -0.15) is 0 Å². The molecule has 0 spiro atoms. The molecule has 0 fully saturated rings. The van der Waals surface area contributed by atoms with E-state index in [1.807, 2.05) is 0 Å². The molecule has 0 radical (unpaired) electrons. The smallest absolute Gasteiger partial charge is 0.336 e. The quantitative estimate of drug-likeness (QED) is 0.782. The molecule has 0 unspecified atom stereocenters. The Labute approximate surface area is 83.8 Å². The van der Waals surface area contributed by atoms with Crippen molar-refractivity contribution in [2.75, 3.05) is 0 Å². The topological polar surface area (TPSA) is 37.3 Å². The third kappa shape index (κ3) is 1.54. The zero-order valence-electron chi connectivity index (χ0n) is 7.50. The van der Waals surface area contributed by atoms with Crippen molar-refractivity contribution in [3.63, 3.8) is 0 Å². The van der Waals surface area contributed by atoms with Crippen molar-refractivity contribution in [3.8, 4) is 0 Å². The molecule has 0 amide bonds. The molecule has 0 aliphatic carbocycles. The Morgan fingerprint density at radius 2 is 1.80 bits per heavy atom. The first-order chi connectivity index (χ1) is 7.09. The fourth-order valence-corrected chi connectivity index (χ4v) is 1.47. The predicted molar refractivity (Wildman–Crippen MR) is 50.8 cm³/mol. The van der Waals surface area contributed by atoms with E-state index >= 15 is 0 Å². The maximum Gasteiger partial charge on any atom is 0.336 e. The summed E-state index contributed by atoms with van der Waals surface area (Å²) in [5, 5.41) is 9.01. The largest absolute Gasteiger partial charge is 0.478 e. The maximum atomic E-state index is 13.3. The summed E-state index contributed by atoms with van der Waals surface area (Å²) in [6.07, 6.45) is 0. The van der Waals surface area contributed by atoms with Crippen LogP contribution in [0.4, 0.5) is 8.78 Å². The summed E-state index contributed by atoms with van der Waals surface area (Å²) < 4.78 is 26.1. The van der Waals surface area contributed by atoms with E-state index in [1.165, 1.54) is 6.07 Å². The number of hydrogen-bond donors (Lipinski definition) is 1. The number of rotatable bonds is 1. The summed E-state index contributed by atoms with van der Waals surface area (Å²) in [5.74, 6) is -2.38. The average molecular weight is 208 g/mol. The van der Waals surface area contributed by atoms with E-state index in [-0.39, 0.29) is 16.3 Å². The molecule has 2 nitrogen and oxygen atoms in total. The monoisotopic (exact) mass is 208 g/mol. The van der Waals surface area contributed by atoms with Crippen LogP contribution < -0.4 is 0 Å². The van der Waals surface area contributed by atoms with Crippen LogP contribution >= 0.6 is 0 Å². The van der Waals surface area contributed by atoms with Gasteiger partial charge in [0.15, 0.2) is 0 Å². The van der Waals surface area contributed by atoms with Crippen LogP contribution in [-0.2, 0) is 0 Å². The van der Waals surface area contributed by atoms with Crippen molar-refractivity contribution >= 4 is 16.7 Å². The Morgan fingerprint density at radius 1 is 1.07 bits per heavy atom. The van der Waals surface area contributed by atoms with Gasteiger partial charge in [0.05, 0.1) is 5.56 Å². The molecule has 0 bridgehead atoms. The van der Waals surface area contributed by atoms with Crippen LogP contribution in [0.5, 0.6) is 0 Å². The lowest BCUT2D eigenvalue weighted by Gasteiger charge is -2.03. The Kier molecular flexibility index (Phi) is 2.11. The van der Waals surface area contributed by atoms with Crippen LogP contribution in [0.15, 0.2) is 30.3 Å².